The van der Waals surface area contributed by atoms with Crippen LogP contribution in [-0.2, 0) is 4.79 Å². The van der Waals surface area contributed by atoms with Gasteiger partial charge in [-0.15, -0.1) is 0 Å². The lowest BCUT2D eigenvalue weighted by molar-refractivity contribution is -0.125. The van der Waals surface area contributed by atoms with Gasteiger partial charge >= 0.3 is 6.18 Å². The first-order valence-corrected chi connectivity index (χ1v) is 6.04. The van der Waals surface area contributed by atoms with E-state index in [1.807, 2.05) is 0 Å². The molecule has 0 aliphatic carbocycles. The Morgan fingerprint density at radius 1 is 1.35 bits per heavy atom. The molecule has 0 atom stereocenters. The lowest BCUT2D eigenvalue weighted by Gasteiger charge is -2.16. The van der Waals surface area contributed by atoms with Gasteiger partial charge in [-0.2, -0.15) is 13.2 Å². The topological polar surface area (TPSA) is 40.5 Å². The fourth-order valence-electron chi connectivity index (χ4n) is 1.45. The van der Waals surface area contributed by atoms with E-state index in [1.54, 1.807) is 0 Å². The summed E-state index contributed by atoms with van der Waals surface area (Å²) in [6, 6.07) is 5.03. The van der Waals surface area contributed by atoms with Gasteiger partial charge in [0.05, 0.1) is 12.2 Å². The van der Waals surface area contributed by atoms with Gasteiger partial charge in [0, 0.05) is 24.7 Å². The first kappa shape index (κ1) is 16.5. The summed E-state index contributed by atoms with van der Waals surface area (Å²) in [6.45, 7) is -0.362. The third-order valence-electron chi connectivity index (χ3n) is 2.54. The third-order valence-corrected chi connectivity index (χ3v) is 2.79. The SMILES string of the molecule is CN(CCO)C(=O)/C=C(/c1ccc(Cl)cc1)C(F)(F)F. The highest BCUT2D eigenvalue weighted by atomic mass is 35.5. The van der Waals surface area contributed by atoms with E-state index < -0.39 is 17.7 Å². The van der Waals surface area contributed by atoms with Crippen molar-refractivity contribution in [2.24, 2.45) is 0 Å². The number of benzene rings is 1. The first-order chi connectivity index (χ1) is 9.25. The monoisotopic (exact) mass is 307 g/mol. The van der Waals surface area contributed by atoms with Crippen LogP contribution in [0.4, 0.5) is 13.2 Å². The normalized spacial score (nSPS) is 12.4. The molecule has 7 heteroatoms. The molecule has 0 heterocycles. The number of alkyl halides is 3. The Labute approximate surface area is 119 Å². The van der Waals surface area contributed by atoms with Crippen LogP contribution in [0.1, 0.15) is 5.56 Å². The van der Waals surface area contributed by atoms with E-state index in [2.05, 4.69) is 0 Å². The number of nitrogens with zero attached hydrogens (tertiary/aromatic N) is 1. The minimum Gasteiger partial charge on any atom is -0.395 e. The van der Waals surface area contributed by atoms with Crippen molar-refractivity contribution in [1.29, 1.82) is 0 Å². The quantitative estimate of drug-likeness (QED) is 0.869. The summed E-state index contributed by atoms with van der Waals surface area (Å²) in [7, 11) is 1.31. The highest BCUT2D eigenvalue weighted by molar-refractivity contribution is 6.30. The van der Waals surface area contributed by atoms with Gasteiger partial charge in [-0.1, -0.05) is 23.7 Å². The molecule has 0 fully saturated rings. The van der Waals surface area contributed by atoms with Crippen molar-refractivity contribution in [2.75, 3.05) is 20.2 Å². The van der Waals surface area contributed by atoms with Crippen molar-refractivity contribution in [3.63, 3.8) is 0 Å². The number of aliphatic hydroxyl groups excluding tert-OH is 1. The molecule has 0 aliphatic heterocycles. The van der Waals surface area contributed by atoms with Gasteiger partial charge in [-0.3, -0.25) is 4.79 Å². The minimum absolute atomic E-state index is 0.0406. The Balaban J connectivity index is 3.14. The van der Waals surface area contributed by atoms with Gasteiger partial charge in [0.2, 0.25) is 5.91 Å². The van der Waals surface area contributed by atoms with Crippen LogP contribution in [0.3, 0.4) is 0 Å². The van der Waals surface area contributed by atoms with Gasteiger partial charge in [0.1, 0.15) is 0 Å². The maximum Gasteiger partial charge on any atom is 0.417 e. The average Bonchev–Trinajstić information content (AvgIpc) is 2.36. The number of carbonyl (C=O) groups is 1. The zero-order valence-corrected chi connectivity index (χ0v) is 11.4. The standard InChI is InChI=1S/C13H13ClF3NO2/c1-18(6-7-19)12(20)8-11(13(15,16)17)9-2-4-10(14)5-3-9/h2-5,8,19H,6-7H2,1H3/b11-8-. The molecule has 0 saturated heterocycles. The molecule has 0 radical (unpaired) electrons. The molecule has 20 heavy (non-hydrogen) atoms. The molecular weight excluding hydrogens is 295 g/mol. The Hall–Kier alpha value is -1.53. The van der Waals surface area contributed by atoms with Gasteiger partial charge in [0.25, 0.3) is 0 Å². The summed E-state index contributed by atoms with van der Waals surface area (Å²) in [6.07, 6.45) is -4.15. The van der Waals surface area contributed by atoms with E-state index in [-0.39, 0.29) is 18.7 Å². The average molecular weight is 308 g/mol. The second-order valence-corrected chi connectivity index (χ2v) is 4.48. The number of hydrogen-bond acceptors (Lipinski definition) is 2. The second kappa shape index (κ2) is 6.76. The van der Waals surface area contributed by atoms with Gasteiger partial charge in [-0.25, -0.2) is 0 Å². The predicted octanol–water partition coefficient (Wildman–Crippen LogP) is 2.74. The zero-order valence-electron chi connectivity index (χ0n) is 10.6. The highest BCUT2D eigenvalue weighted by Crippen LogP contribution is 2.34. The van der Waals surface area contributed by atoms with Crippen molar-refractivity contribution in [2.45, 2.75) is 6.18 Å². The van der Waals surface area contributed by atoms with Gasteiger partial charge < -0.3 is 10.0 Å². The second-order valence-electron chi connectivity index (χ2n) is 4.05. The van der Waals surface area contributed by atoms with Crippen molar-refractivity contribution >= 4 is 23.1 Å². The summed E-state index contributed by atoms with van der Waals surface area (Å²) >= 11 is 5.62. The molecule has 0 aliphatic rings. The summed E-state index contributed by atoms with van der Waals surface area (Å²) < 4.78 is 39.0. The fourth-order valence-corrected chi connectivity index (χ4v) is 1.58. The predicted molar refractivity (Wildman–Crippen MR) is 70.2 cm³/mol. The van der Waals surface area contributed by atoms with Gasteiger partial charge in [-0.05, 0) is 17.7 Å². The van der Waals surface area contributed by atoms with Crippen LogP contribution in [0.5, 0.6) is 0 Å². The summed E-state index contributed by atoms with van der Waals surface area (Å²) in [5, 5.41) is 8.98. The van der Waals surface area contributed by atoms with Crippen LogP contribution in [0.2, 0.25) is 5.02 Å². The van der Waals surface area contributed by atoms with Crippen molar-refractivity contribution < 1.29 is 23.1 Å². The molecule has 1 amide bonds. The molecule has 1 aromatic carbocycles. The molecule has 1 rings (SSSR count). The fraction of sp³-hybridized carbons (Fsp3) is 0.308. The van der Waals surface area contributed by atoms with E-state index in [0.717, 1.165) is 4.90 Å². The zero-order chi connectivity index (χ0) is 15.3. The Bertz CT molecular complexity index is 497. The van der Waals surface area contributed by atoms with Crippen LogP contribution in [-0.4, -0.2) is 42.3 Å². The number of aliphatic hydroxyl groups is 1. The van der Waals surface area contributed by atoms with E-state index in [9.17, 15) is 18.0 Å². The number of rotatable bonds is 4. The number of carbonyl (C=O) groups excluding carboxylic acids is 1. The van der Waals surface area contributed by atoms with Crippen molar-refractivity contribution in [3.8, 4) is 0 Å². The molecule has 0 bridgehead atoms. The van der Waals surface area contributed by atoms with Crippen LogP contribution in [0, 0.1) is 0 Å². The number of likely N-dealkylation sites (N-methyl/N-ethyl adjacent to an activating group) is 1. The maximum absolute atomic E-state index is 13.0. The minimum atomic E-state index is -4.66. The molecule has 0 saturated carbocycles. The Morgan fingerprint density at radius 2 is 1.90 bits per heavy atom. The number of allylic oxidation sites excluding steroid dienone is 1. The lowest BCUT2D eigenvalue weighted by atomic mass is 10.0. The molecule has 0 spiro atoms. The Kier molecular flexibility index (Phi) is 5.59. The van der Waals surface area contributed by atoms with E-state index in [4.69, 9.17) is 16.7 Å². The first-order valence-electron chi connectivity index (χ1n) is 5.66. The maximum atomic E-state index is 13.0. The van der Waals surface area contributed by atoms with E-state index >= 15 is 0 Å². The van der Waals surface area contributed by atoms with Crippen molar-refractivity contribution in [1.82, 2.24) is 4.90 Å². The van der Waals surface area contributed by atoms with Crippen molar-refractivity contribution in [3.05, 3.63) is 40.9 Å². The molecule has 1 aromatic rings. The number of halogens is 4. The molecule has 3 nitrogen and oxygen atoms in total. The largest absolute Gasteiger partial charge is 0.417 e. The van der Waals surface area contributed by atoms with Crippen LogP contribution in [0.15, 0.2) is 30.3 Å². The van der Waals surface area contributed by atoms with E-state index in [0.29, 0.717) is 11.1 Å². The summed E-state index contributed by atoms with van der Waals surface area (Å²) in [4.78, 5) is 12.6. The summed E-state index contributed by atoms with van der Waals surface area (Å²) in [5.74, 6) is -0.832. The Morgan fingerprint density at radius 3 is 2.35 bits per heavy atom. The lowest BCUT2D eigenvalue weighted by Crippen LogP contribution is -2.29. The highest BCUT2D eigenvalue weighted by Gasteiger charge is 2.35. The van der Waals surface area contributed by atoms with E-state index in [1.165, 1.54) is 31.3 Å². The van der Waals surface area contributed by atoms with Gasteiger partial charge in [0.15, 0.2) is 0 Å². The molecule has 110 valence electrons. The smallest absolute Gasteiger partial charge is 0.395 e. The third kappa shape index (κ3) is 4.54. The van der Waals surface area contributed by atoms with Crippen LogP contribution >= 0.6 is 11.6 Å². The molecule has 0 aromatic heterocycles. The molecule has 1 N–H and O–H groups in total. The van der Waals surface area contributed by atoms with Crippen LogP contribution < -0.4 is 0 Å². The summed E-state index contributed by atoms with van der Waals surface area (Å²) in [5.41, 5.74) is -1.20. The number of hydrogen-bond donors (Lipinski definition) is 1. The molecule has 0 unspecified atom stereocenters. The number of amides is 1. The molecular formula is C13H13ClF3NO2. The van der Waals surface area contributed by atoms with Crippen LogP contribution in [0.25, 0.3) is 5.57 Å².